The van der Waals surface area contributed by atoms with Gasteiger partial charge in [-0.2, -0.15) is 0 Å². The molecule has 0 radical (unpaired) electrons. The van der Waals surface area contributed by atoms with Crippen LogP contribution in [-0.4, -0.2) is 28.6 Å². The molecule has 76 valence electrons. The van der Waals surface area contributed by atoms with Crippen molar-refractivity contribution in [3.63, 3.8) is 0 Å². The molecule has 0 fully saturated rings. The molecule has 0 saturated heterocycles. The largest absolute Gasteiger partial charge is 0.381 e. The van der Waals surface area contributed by atoms with Gasteiger partial charge in [-0.25, -0.2) is 4.98 Å². The van der Waals surface area contributed by atoms with Crippen LogP contribution in [0.4, 0.5) is 5.82 Å². The molecule has 1 aromatic heterocycles. The van der Waals surface area contributed by atoms with E-state index in [4.69, 9.17) is 0 Å². The van der Waals surface area contributed by atoms with Crippen LogP contribution >= 0.6 is 0 Å². The van der Waals surface area contributed by atoms with Gasteiger partial charge in [0.1, 0.15) is 11.4 Å². The second-order valence-corrected chi connectivity index (χ2v) is 3.61. The highest BCUT2D eigenvalue weighted by Crippen LogP contribution is 2.12. The fourth-order valence-electron chi connectivity index (χ4n) is 1.07. The second kappa shape index (κ2) is 3.75. The number of hydrogen-bond donors (Lipinski definition) is 1. The van der Waals surface area contributed by atoms with Crippen molar-refractivity contribution in [2.75, 3.05) is 11.9 Å². The summed E-state index contributed by atoms with van der Waals surface area (Å²) in [7, 11) is 1.59. The SMILES string of the molecule is CN(C(=O)C(C)(C)O)c1ccccn1. The number of aromatic nitrogens is 1. The minimum atomic E-state index is -1.37. The number of pyridine rings is 1. The van der Waals surface area contributed by atoms with E-state index in [1.54, 1.807) is 31.4 Å². The lowest BCUT2D eigenvalue weighted by atomic mass is 10.1. The maximum atomic E-state index is 11.6. The van der Waals surface area contributed by atoms with Crippen LogP contribution in [0.3, 0.4) is 0 Å². The van der Waals surface area contributed by atoms with E-state index in [0.717, 1.165) is 0 Å². The monoisotopic (exact) mass is 194 g/mol. The lowest BCUT2D eigenvalue weighted by Gasteiger charge is -2.23. The van der Waals surface area contributed by atoms with Gasteiger partial charge in [0, 0.05) is 13.2 Å². The summed E-state index contributed by atoms with van der Waals surface area (Å²) in [6.45, 7) is 2.91. The zero-order valence-corrected chi connectivity index (χ0v) is 8.56. The van der Waals surface area contributed by atoms with E-state index in [2.05, 4.69) is 4.98 Å². The molecule has 14 heavy (non-hydrogen) atoms. The number of rotatable bonds is 2. The number of carbonyl (C=O) groups is 1. The van der Waals surface area contributed by atoms with E-state index in [1.165, 1.54) is 18.7 Å². The smallest absolute Gasteiger partial charge is 0.259 e. The molecule has 4 nitrogen and oxygen atoms in total. The van der Waals surface area contributed by atoms with E-state index in [9.17, 15) is 9.90 Å². The van der Waals surface area contributed by atoms with Crippen LogP contribution in [0.2, 0.25) is 0 Å². The third-order valence-electron chi connectivity index (χ3n) is 1.82. The van der Waals surface area contributed by atoms with Gasteiger partial charge < -0.3 is 5.11 Å². The molecule has 0 unspecified atom stereocenters. The normalized spacial score (nSPS) is 11.1. The summed E-state index contributed by atoms with van der Waals surface area (Å²) in [5.74, 6) is 0.149. The Morgan fingerprint density at radius 2 is 2.14 bits per heavy atom. The standard InChI is InChI=1S/C10H14N2O2/c1-10(2,14)9(13)12(3)8-6-4-5-7-11-8/h4-7,14H,1-3H3. The molecule has 0 aliphatic heterocycles. The zero-order valence-electron chi connectivity index (χ0n) is 8.56. The van der Waals surface area contributed by atoms with Gasteiger partial charge in [-0.15, -0.1) is 0 Å². The molecule has 0 aliphatic rings. The summed E-state index contributed by atoms with van der Waals surface area (Å²) in [5.41, 5.74) is -1.37. The van der Waals surface area contributed by atoms with Crippen LogP contribution in [0, 0.1) is 0 Å². The molecule has 0 saturated carbocycles. The molecule has 1 rings (SSSR count). The molecule has 0 atom stereocenters. The van der Waals surface area contributed by atoms with Crippen LogP contribution in [0.5, 0.6) is 0 Å². The second-order valence-electron chi connectivity index (χ2n) is 3.61. The average molecular weight is 194 g/mol. The predicted octanol–water partition coefficient (Wildman–Crippen LogP) is 0.815. The van der Waals surface area contributed by atoms with Crippen molar-refractivity contribution >= 4 is 11.7 Å². The Balaban J connectivity index is 2.87. The van der Waals surface area contributed by atoms with E-state index in [-0.39, 0.29) is 5.91 Å². The third-order valence-corrected chi connectivity index (χ3v) is 1.82. The number of aliphatic hydroxyl groups is 1. The third kappa shape index (κ3) is 2.29. The molecule has 1 heterocycles. The lowest BCUT2D eigenvalue weighted by molar-refractivity contribution is -0.133. The Bertz CT molecular complexity index is 317. The zero-order chi connectivity index (χ0) is 10.8. The van der Waals surface area contributed by atoms with Gasteiger partial charge in [-0.3, -0.25) is 9.69 Å². The average Bonchev–Trinajstić information content (AvgIpc) is 2.15. The minimum absolute atomic E-state index is 0.379. The van der Waals surface area contributed by atoms with Crippen LogP contribution in [0.15, 0.2) is 24.4 Å². The van der Waals surface area contributed by atoms with E-state index >= 15 is 0 Å². The fourth-order valence-corrected chi connectivity index (χ4v) is 1.07. The first-order valence-electron chi connectivity index (χ1n) is 4.34. The Kier molecular flexibility index (Phi) is 2.86. The van der Waals surface area contributed by atoms with Crippen LogP contribution in [-0.2, 0) is 4.79 Å². The van der Waals surface area contributed by atoms with Gasteiger partial charge in [0.2, 0.25) is 0 Å². The first-order valence-corrected chi connectivity index (χ1v) is 4.34. The fraction of sp³-hybridized carbons (Fsp3) is 0.400. The Hall–Kier alpha value is -1.42. The summed E-state index contributed by atoms with van der Waals surface area (Å²) in [4.78, 5) is 16.9. The van der Waals surface area contributed by atoms with Crippen LogP contribution in [0.1, 0.15) is 13.8 Å². The summed E-state index contributed by atoms with van der Waals surface area (Å²) in [5, 5.41) is 9.50. The van der Waals surface area contributed by atoms with Gasteiger partial charge in [-0.05, 0) is 26.0 Å². The number of carbonyl (C=O) groups excluding carboxylic acids is 1. The van der Waals surface area contributed by atoms with Crippen molar-refractivity contribution in [3.8, 4) is 0 Å². The number of amides is 1. The van der Waals surface area contributed by atoms with Crippen LogP contribution < -0.4 is 4.90 Å². The van der Waals surface area contributed by atoms with Gasteiger partial charge in [0.25, 0.3) is 5.91 Å². The maximum Gasteiger partial charge on any atom is 0.259 e. The molecular formula is C10H14N2O2. The number of likely N-dealkylation sites (N-methyl/N-ethyl adjacent to an activating group) is 1. The van der Waals surface area contributed by atoms with E-state index < -0.39 is 5.60 Å². The van der Waals surface area contributed by atoms with Gasteiger partial charge in [0.05, 0.1) is 0 Å². The molecule has 0 spiro atoms. The summed E-state index contributed by atoms with van der Waals surface area (Å²) >= 11 is 0. The molecule has 0 aromatic carbocycles. The quantitative estimate of drug-likeness (QED) is 0.758. The summed E-state index contributed by atoms with van der Waals surface area (Å²) in [6.07, 6.45) is 1.60. The molecule has 4 heteroatoms. The topological polar surface area (TPSA) is 53.4 Å². The van der Waals surface area contributed by atoms with Crippen molar-refractivity contribution in [2.45, 2.75) is 19.4 Å². The first-order chi connectivity index (χ1) is 6.43. The van der Waals surface area contributed by atoms with Crippen molar-refractivity contribution in [2.24, 2.45) is 0 Å². The van der Waals surface area contributed by atoms with Crippen molar-refractivity contribution in [3.05, 3.63) is 24.4 Å². The number of hydrogen-bond acceptors (Lipinski definition) is 3. The maximum absolute atomic E-state index is 11.6. The Morgan fingerprint density at radius 1 is 1.50 bits per heavy atom. The highest BCUT2D eigenvalue weighted by Gasteiger charge is 2.28. The van der Waals surface area contributed by atoms with Gasteiger partial charge >= 0.3 is 0 Å². The van der Waals surface area contributed by atoms with E-state index in [0.29, 0.717) is 5.82 Å². The van der Waals surface area contributed by atoms with Crippen molar-refractivity contribution < 1.29 is 9.90 Å². The molecule has 0 bridgehead atoms. The van der Waals surface area contributed by atoms with Crippen LogP contribution in [0.25, 0.3) is 0 Å². The summed E-state index contributed by atoms with van der Waals surface area (Å²) < 4.78 is 0. The first kappa shape index (κ1) is 10.7. The highest BCUT2D eigenvalue weighted by molar-refractivity contribution is 5.97. The Morgan fingerprint density at radius 3 is 2.57 bits per heavy atom. The molecule has 0 aliphatic carbocycles. The number of nitrogens with zero attached hydrogens (tertiary/aromatic N) is 2. The highest BCUT2D eigenvalue weighted by atomic mass is 16.3. The minimum Gasteiger partial charge on any atom is -0.381 e. The molecule has 1 amide bonds. The predicted molar refractivity (Wildman–Crippen MR) is 53.9 cm³/mol. The summed E-state index contributed by atoms with van der Waals surface area (Å²) in [6, 6.07) is 5.27. The van der Waals surface area contributed by atoms with Gasteiger partial charge in [-0.1, -0.05) is 6.07 Å². The lowest BCUT2D eigenvalue weighted by Crippen LogP contribution is -2.43. The van der Waals surface area contributed by atoms with E-state index in [1.807, 2.05) is 0 Å². The molecular weight excluding hydrogens is 180 g/mol. The Labute approximate surface area is 83.2 Å². The molecule has 1 N–H and O–H groups in total. The van der Waals surface area contributed by atoms with Crippen molar-refractivity contribution in [1.29, 1.82) is 0 Å². The van der Waals surface area contributed by atoms with Crippen molar-refractivity contribution in [1.82, 2.24) is 4.98 Å². The molecule has 1 aromatic rings. The number of anilines is 1. The van der Waals surface area contributed by atoms with Gasteiger partial charge in [0.15, 0.2) is 0 Å².